The second-order valence-corrected chi connectivity index (χ2v) is 5.32. The molecule has 1 aliphatic heterocycles. The van der Waals surface area contributed by atoms with E-state index in [-0.39, 0.29) is 0 Å². The van der Waals surface area contributed by atoms with Crippen LogP contribution in [0.1, 0.15) is 19.4 Å². The van der Waals surface area contributed by atoms with Crippen LogP contribution in [0.3, 0.4) is 0 Å². The molecule has 100 valence electrons. The number of anilines is 1. The summed E-state index contributed by atoms with van der Waals surface area (Å²) < 4.78 is 0. The average molecular weight is 248 g/mol. The van der Waals surface area contributed by atoms with Crippen LogP contribution in [-0.4, -0.2) is 49.2 Å². The topological polar surface area (TPSA) is 31.4 Å². The molecule has 2 unspecified atom stereocenters. The quantitative estimate of drug-likeness (QED) is 0.874. The van der Waals surface area contributed by atoms with Gasteiger partial charge < -0.3 is 10.2 Å². The fraction of sp³-hybridized carbons (Fsp3) is 0.643. The third-order valence-corrected chi connectivity index (χ3v) is 3.87. The molecule has 0 aliphatic carbocycles. The summed E-state index contributed by atoms with van der Waals surface area (Å²) >= 11 is 0. The molecule has 0 radical (unpaired) electrons. The van der Waals surface area contributed by atoms with Gasteiger partial charge in [-0.25, -0.2) is 4.98 Å². The lowest BCUT2D eigenvalue weighted by molar-refractivity contribution is 0.169. The summed E-state index contributed by atoms with van der Waals surface area (Å²) in [6.07, 6.45) is 1.97. The molecule has 1 aliphatic rings. The van der Waals surface area contributed by atoms with Crippen LogP contribution in [0, 0.1) is 0 Å². The van der Waals surface area contributed by atoms with Crippen molar-refractivity contribution >= 4 is 5.82 Å². The van der Waals surface area contributed by atoms with Gasteiger partial charge in [0.05, 0.1) is 0 Å². The van der Waals surface area contributed by atoms with Gasteiger partial charge in [-0.15, -0.1) is 0 Å². The Hall–Kier alpha value is -1.13. The number of aromatic nitrogens is 1. The van der Waals surface area contributed by atoms with Gasteiger partial charge >= 0.3 is 0 Å². The number of hydrogen-bond acceptors (Lipinski definition) is 4. The first kappa shape index (κ1) is 13.3. The minimum absolute atomic E-state index is 0.576. The highest BCUT2D eigenvalue weighted by Gasteiger charge is 2.26. The van der Waals surface area contributed by atoms with Gasteiger partial charge in [0.2, 0.25) is 0 Å². The van der Waals surface area contributed by atoms with E-state index in [9.17, 15) is 0 Å². The molecule has 4 heteroatoms. The van der Waals surface area contributed by atoms with E-state index in [1.54, 1.807) is 0 Å². The minimum atomic E-state index is 0.576. The zero-order chi connectivity index (χ0) is 13.1. The SMILES string of the molecule is CNCc1ccc(N2CC(C)N(C)C(C)C2)nc1. The zero-order valence-electron chi connectivity index (χ0n) is 11.8. The Labute approximate surface area is 110 Å². The van der Waals surface area contributed by atoms with Crippen molar-refractivity contribution in [1.29, 1.82) is 0 Å². The van der Waals surface area contributed by atoms with E-state index in [4.69, 9.17) is 0 Å². The monoisotopic (exact) mass is 248 g/mol. The summed E-state index contributed by atoms with van der Waals surface area (Å²) in [5.41, 5.74) is 1.23. The molecule has 2 rings (SSSR count). The first-order valence-electron chi connectivity index (χ1n) is 6.68. The second kappa shape index (κ2) is 5.67. The maximum Gasteiger partial charge on any atom is 0.128 e. The molecule has 1 N–H and O–H groups in total. The maximum absolute atomic E-state index is 4.58. The van der Waals surface area contributed by atoms with Gasteiger partial charge in [-0.2, -0.15) is 0 Å². The normalized spacial score (nSPS) is 25.4. The molecule has 18 heavy (non-hydrogen) atoms. The lowest BCUT2D eigenvalue weighted by Gasteiger charge is -2.43. The summed E-state index contributed by atoms with van der Waals surface area (Å²) in [7, 11) is 4.16. The fourth-order valence-corrected chi connectivity index (χ4v) is 2.50. The van der Waals surface area contributed by atoms with Gasteiger partial charge in [0.15, 0.2) is 0 Å². The van der Waals surface area contributed by atoms with Crippen LogP contribution in [0.2, 0.25) is 0 Å². The third kappa shape index (κ3) is 2.82. The Bertz CT molecular complexity index is 364. The molecule has 0 amide bonds. The minimum Gasteiger partial charge on any atom is -0.354 e. The predicted molar refractivity (Wildman–Crippen MR) is 75.9 cm³/mol. The van der Waals surface area contributed by atoms with Crippen molar-refractivity contribution in [3.63, 3.8) is 0 Å². The van der Waals surface area contributed by atoms with E-state index in [1.165, 1.54) is 5.56 Å². The van der Waals surface area contributed by atoms with Crippen molar-refractivity contribution in [2.24, 2.45) is 0 Å². The van der Waals surface area contributed by atoms with Gasteiger partial charge in [-0.05, 0) is 39.6 Å². The zero-order valence-corrected chi connectivity index (χ0v) is 11.8. The highest BCUT2D eigenvalue weighted by atomic mass is 15.3. The molecule has 4 nitrogen and oxygen atoms in total. The Kier molecular flexibility index (Phi) is 4.19. The maximum atomic E-state index is 4.58. The first-order chi connectivity index (χ1) is 8.61. The van der Waals surface area contributed by atoms with E-state index in [0.717, 1.165) is 25.5 Å². The van der Waals surface area contributed by atoms with Crippen LogP contribution in [0.4, 0.5) is 5.82 Å². The Morgan fingerprint density at radius 2 is 1.94 bits per heavy atom. The number of pyridine rings is 1. The number of likely N-dealkylation sites (N-methyl/N-ethyl adjacent to an activating group) is 1. The van der Waals surface area contributed by atoms with Crippen molar-refractivity contribution in [3.05, 3.63) is 23.9 Å². The molecular formula is C14H24N4. The standard InChI is InChI=1S/C14H24N4/c1-11-9-18(10-12(2)17(11)4)14-6-5-13(7-15-3)8-16-14/h5-6,8,11-12,15H,7,9-10H2,1-4H3. The Morgan fingerprint density at radius 3 is 2.44 bits per heavy atom. The molecule has 2 heterocycles. The van der Waals surface area contributed by atoms with Crippen molar-refractivity contribution < 1.29 is 0 Å². The van der Waals surface area contributed by atoms with Crippen molar-refractivity contribution in [2.75, 3.05) is 32.1 Å². The molecule has 0 aromatic carbocycles. The molecule has 1 saturated heterocycles. The highest BCUT2D eigenvalue weighted by molar-refractivity contribution is 5.40. The fourth-order valence-electron chi connectivity index (χ4n) is 2.50. The summed E-state index contributed by atoms with van der Waals surface area (Å²) in [4.78, 5) is 9.41. The number of nitrogens with zero attached hydrogens (tertiary/aromatic N) is 3. The van der Waals surface area contributed by atoms with Gasteiger partial charge in [0.1, 0.15) is 5.82 Å². The molecule has 1 fully saturated rings. The smallest absolute Gasteiger partial charge is 0.128 e. The third-order valence-electron chi connectivity index (χ3n) is 3.87. The van der Waals surface area contributed by atoms with Crippen LogP contribution < -0.4 is 10.2 Å². The van der Waals surface area contributed by atoms with Crippen LogP contribution in [-0.2, 0) is 6.54 Å². The Morgan fingerprint density at radius 1 is 1.28 bits per heavy atom. The highest BCUT2D eigenvalue weighted by Crippen LogP contribution is 2.19. The van der Waals surface area contributed by atoms with Gasteiger partial charge in [-0.1, -0.05) is 6.07 Å². The van der Waals surface area contributed by atoms with Gasteiger partial charge in [-0.3, -0.25) is 4.90 Å². The van der Waals surface area contributed by atoms with E-state index in [0.29, 0.717) is 12.1 Å². The second-order valence-electron chi connectivity index (χ2n) is 5.32. The van der Waals surface area contributed by atoms with E-state index < -0.39 is 0 Å². The number of piperazine rings is 1. The predicted octanol–water partition coefficient (Wildman–Crippen LogP) is 1.33. The number of hydrogen-bond donors (Lipinski definition) is 1. The molecular weight excluding hydrogens is 224 g/mol. The first-order valence-corrected chi connectivity index (χ1v) is 6.68. The number of rotatable bonds is 3. The van der Waals surface area contributed by atoms with E-state index in [2.05, 4.69) is 53.1 Å². The van der Waals surface area contributed by atoms with Crippen molar-refractivity contribution in [2.45, 2.75) is 32.5 Å². The molecule has 1 aromatic rings. The molecule has 0 saturated carbocycles. The van der Waals surface area contributed by atoms with Gasteiger partial charge in [0, 0.05) is 37.9 Å². The van der Waals surface area contributed by atoms with Gasteiger partial charge in [0.25, 0.3) is 0 Å². The van der Waals surface area contributed by atoms with Crippen LogP contribution >= 0.6 is 0 Å². The lowest BCUT2D eigenvalue weighted by Crippen LogP contribution is -2.55. The van der Waals surface area contributed by atoms with Crippen molar-refractivity contribution in [3.8, 4) is 0 Å². The van der Waals surface area contributed by atoms with E-state index >= 15 is 0 Å². The lowest BCUT2D eigenvalue weighted by atomic mass is 10.1. The summed E-state index contributed by atoms with van der Waals surface area (Å²) in [6, 6.07) is 5.45. The Balaban J connectivity index is 2.07. The van der Waals surface area contributed by atoms with E-state index in [1.807, 2.05) is 13.2 Å². The molecule has 1 aromatic heterocycles. The molecule has 2 atom stereocenters. The van der Waals surface area contributed by atoms with Crippen LogP contribution in [0.15, 0.2) is 18.3 Å². The van der Waals surface area contributed by atoms with Crippen molar-refractivity contribution in [1.82, 2.24) is 15.2 Å². The summed E-state index contributed by atoms with van der Waals surface area (Å²) in [6.45, 7) is 7.54. The summed E-state index contributed by atoms with van der Waals surface area (Å²) in [5, 5.41) is 3.14. The molecule has 0 bridgehead atoms. The average Bonchev–Trinajstić information content (AvgIpc) is 2.37. The van der Waals surface area contributed by atoms with Crippen LogP contribution in [0.25, 0.3) is 0 Å². The largest absolute Gasteiger partial charge is 0.354 e. The summed E-state index contributed by atoms with van der Waals surface area (Å²) in [5.74, 6) is 1.10. The van der Waals surface area contributed by atoms with Crippen LogP contribution in [0.5, 0.6) is 0 Å². The number of nitrogens with one attached hydrogen (secondary N) is 1. The molecule has 0 spiro atoms.